The topological polar surface area (TPSA) is 71.1 Å². The van der Waals surface area contributed by atoms with E-state index in [-0.39, 0.29) is 52.7 Å². The van der Waals surface area contributed by atoms with Gasteiger partial charge in [-0.2, -0.15) is 0 Å². The Labute approximate surface area is 283 Å². The molecule has 0 aromatic rings. The van der Waals surface area contributed by atoms with E-state index in [9.17, 15) is 9.59 Å². The molecule has 1 aliphatic heterocycles. The van der Waals surface area contributed by atoms with Crippen LogP contribution in [0.15, 0.2) is 36.0 Å². The first-order chi connectivity index (χ1) is 21.1. The van der Waals surface area contributed by atoms with E-state index in [0.29, 0.717) is 12.3 Å². The molecule has 1 aliphatic carbocycles. The Morgan fingerprint density at radius 1 is 0.891 bits per heavy atom. The van der Waals surface area contributed by atoms with Crippen LogP contribution in [0.2, 0.25) is 36.3 Å². The van der Waals surface area contributed by atoms with Crippen LogP contribution in [0, 0.1) is 29.6 Å². The molecule has 0 amide bonds. The number of esters is 1. The van der Waals surface area contributed by atoms with Gasteiger partial charge in [-0.1, -0.05) is 91.0 Å². The van der Waals surface area contributed by atoms with Gasteiger partial charge in [-0.3, -0.25) is 9.59 Å². The standard InChI is InChI=1S/C38H64O6Si2/c1-27-23-32(20-18-16-15-17-19-30-21-22-30)42-35(40)26-31(39)25-34(43-45(11,12)37(4,5)6)29(3)36(28(2)33(24-27)41-10)44-46(13,14)38(7,8)9/h15-16,18,20,24,28-30,32-34,36H,21-23,25-26H2,1-14H3/b16-15+,20-18+,27-24-/t28-,29-,32?,33?,34+,36+/m1/s1. The first-order valence-corrected chi connectivity index (χ1v) is 23.0. The van der Waals surface area contributed by atoms with Crippen molar-refractivity contribution in [2.75, 3.05) is 7.11 Å². The summed E-state index contributed by atoms with van der Waals surface area (Å²) in [5.41, 5.74) is 1.04. The third-order valence-electron chi connectivity index (χ3n) is 10.4. The Kier molecular flexibility index (Phi) is 14.5. The average Bonchev–Trinajstić information content (AvgIpc) is 3.73. The molecule has 6 atom stereocenters. The molecule has 0 saturated heterocycles. The highest BCUT2D eigenvalue weighted by molar-refractivity contribution is 6.74. The van der Waals surface area contributed by atoms with Crippen LogP contribution in [0.4, 0.5) is 0 Å². The lowest BCUT2D eigenvalue weighted by Crippen LogP contribution is -2.53. The van der Waals surface area contributed by atoms with E-state index in [0.717, 1.165) is 5.57 Å². The minimum Gasteiger partial charge on any atom is -0.457 e. The molecule has 6 nitrogen and oxygen atoms in total. The van der Waals surface area contributed by atoms with Crippen LogP contribution in [0.1, 0.15) is 94.4 Å². The minimum absolute atomic E-state index is 0.00725. The molecule has 0 bridgehead atoms. The molecule has 1 fully saturated rings. The Morgan fingerprint density at radius 2 is 1.48 bits per heavy atom. The van der Waals surface area contributed by atoms with Gasteiger partial charge in [-0.25, -0.2) is 0 Å². The molecule has 0 spiro atoms. The average molecular weight is 673 g/mol. The SMILES string of the molecule is COC1/C=C(/C)CC(/C=C/C=C/C#CC2CC2)OC(=O)CC(=O)C[C@H](O[Si](C)(C)C(C)(C)C)[C@@H](C)[C@@H](O[Si](C)(C)C(C)(C)C)[C@@H]1C. The zero-order chi connectivity index (χ0) is 35.1. The highest BCUT2D eigenvalue weighted by Crippen LogP contribution is 2.43. The lowest BCUT2D eigenvalue weighted by molar-refractivity contribution is -0.149. The van der Waals surface area contributed by atoms with Gasteiger partial charge in [0, 0.05) is 37.7 Å². The Morgan fingerprint density at radius 3 is 2.02 bits per heavy atom. The fourth-order valence-corrected chi connectivity index (χ4v) is 7.97. The fourth-order valence-electron chi connectivity index (χ4n) is 5.10. The molecule has 46 heavy (non-hydrogen) atoms. The number of ether oxygens (including phenoxy) is 2. The summed E-state index contributed by atoms with van der Waals surface area (Å²) in [6.45, 7) is 28.7. The molecular weight excluding hydrogens is 609 g/mol. The number of methoxy groups -OCH3 is 1. The summed E-state index contributed by atoms with van der Waals surface area (Å²) in [6, 6.07) is 0. The molecule has 1 saturated carbocycles. The Bertz CT molecular complexity index is 1190. The molecule has 8 heteroatoms. The number of rotatable bonds is 7. The minimum atomic E-state index is -2.29. The second-order valence-corrected chi connectivity index (χ2v) is 26.2. The molecule has 1 heterocycles. The summed E-state index contributed by atoms with van der Waals surface area (Å²) in [4.78, 5) is 26.7. The number of cyclic esters (lactones) is 1. The van der Waals surface area contributed by atoms with Crippen LogP contribution >= 0.6 is 0 Å². The molecule has 0 radical (unpaired) electrons. The van der Waals surface area contributed by atoms with Crippen molar-refractivity contribution in [1.29, 1.82) is 0 Å². The third-order valence-corrected chi connectivity index (χ3v) is 19.4. The van der Waals surface area contributed by atoms with Crippen molar-refractivity contribution in [2.45, 2.75) is 155 Å². The number of ketones is 1. The maximum atomic E-state index is 13.6. The van der Waals surface area contributed by atoms with Gasteiger partial charge in [0.25, 0.3) is 0 Å². The van der Waals surface area contributed by atoms with E-state index in [1.165, 1.54) is 12.8 Å². The molecule has 0 aromatic carbocycles. The number of carbonyl (C=O) groups is 2. The van der Waals surface area contributed by atoms with Crippen molar-refractivity contribution in [1.82, 2.24) is 0 Å². The highest BCUT2D eigenvalue weighted by Gasteiger charge is 2.47. The monoisotopic (exact) mass is 672 g/mol. The Balaban J connectivity index is 2.57. The van der Waals surface area contributed by atoms with Crippen LogP contribution in [0.25, 0.3) is 0 Å². The number of Topliss-reactive ketones (excluding diaryl/α,β-unsaturated/α-hetero) is 1. The van der Waals surface area contributed by atoms with Crippen LogP contribution in [-0.4, -0.2) is 59.9 Å². The van der Waals surface area contributed by atoms with Crippen molar-refractivity contribution < 1.29 is 27.9 Å². The van der Waals surface area contributed by atoms with Crippen molar-refractivity contribution >= 4 is 28.4 Å². The van der Waals surface area contributed by atoms with Gasteiger partial charge in [0.2, 0.25) is 0 Å². The Hall–Kier alpha value is -1.77. The van der Waals surface area contributed by atoms with Crippen molar-refractivity contribution in [3.63, 3.8) is 0 Å². The van der Waals surface area contributed by atoms with Crippen molar-refractivity contribution in [3.05, 3.63) is 36.0 Å². The van der Waals surface area contributed by atoms with Crippen LogP contribution < -0.4 is 0 Å². The van der Waals surface area contributed by atoms with E-state index >= 15 is 0 Å². The van der Waals surface area contributed by atoms with Gasteiger partial charge in [0.05, 0.1) is 18.3 Å². The first-order valence-electron chi connectivity index (χ1n) is 17.2. The van der Waals surface area contributed by atoms with Gasteiger partial charge in [-0.15, -0.1) is 0 Å². The maximum absolute atomic E-state index is 13.6. The van der Waals surface area contributed by atoms with Gasteiger partial charge >= 0.3 is 5.97 Å². The van der Waals surface area contributed by atoms with Gasteiger partial charge < -0.3 is 18.3 Å². The molecule has 260 valence electrons. The lowest BCUT2D eigenvalue weighted by Gasteiger charge is -2.47. The van der Waals surface area contributed by atoms with Crippen molar-refractivity contribution in [2.24, 2.45) is 17.8 Å². The van der Waals surface area contributed by atoms with Crippen LogP contribution in [-0.2, 0) is 27.9 Å². The predicted octanol–water partition coefficient (Wildman–Crippen LogP) is 9.19. The first kappa shape index (κ1) is 40.4. The van der Waals surface area contributed by atoms with E-state index in [1.807, 2.05) is 31.2 Å². The van der Waals surface area contributed by atoms with Gasteiger partial charge in [0.1, 0.15) is 18.3 Å². The number of hydrogen-bond donors (Lipinski definition) is 0. The maximum Gasteiger partial charge on any atom is 0.313 e. The number of hydrogen-bond acceptors (Lipinski definition) is 6. The summed E-state index contributed by atoms with van der Waals surface area (Å²) >= 11 is 0. The van der Waals surface area contributed by atoms with Crippen molar-refractivity contribution in [3.8, 4) is 11.8 Å². The summed E-state index contributed by atoms with van der Waals surface area (Å²) in [7, 11) is -2.80. The van der Waals surface area contributed by atoms with E-state index in [2.05, 4.69) is 99.5 Å². The summed E-state index contributed by atoms with van der Waals surface area (Å²) in [6.07, 6.45) is 10.8. The smallest absolute Gasteiger partial charge is 0.313 e. The zero-order valence-corrected chi connectivity index (χ0v) is 33.4. The second kappa shape index (κ2) is 16.6. The fraction of sp³-hybridized carbons (Fsp3) is 0.737. The molecule has 2 aliphatic rings. The molecule has 0 N–H and O–H groups in total. The van der Waals surface area contributed by atoms with Crippen LogP contribution in [0.3, 0.4) is 0 Å². The number of carbonyl (C=O) groups excluding carboxylic acids is 2. The van der Waals surface area contributed by atoms with E-state index in [4.69, 9.17) is 18.3 Å². The summed E-state index contributed by atoms with van der Waals surface area (Å²) < 4.78 is 26.3. The molecule has 0 aromatic heterocycles. The molecule has 2 unspecified atom stereocenters. The molecular formula is C38H64O6Si2. The largest absolute Gasteiger partial charge is 0.457 e. The molecule has 2 rings (SSSR count). The zero-order valence-electron chi connectivity index (χ0n) is 31.4. The predicted molar refractivity (Wildman–Crippen MR) is 195 cm³/mol. The van der Waals surface area contributed by atoms with Crippen LogP contribution in [0.5, 0.6) is 0 Å². The summed E-state index contributed by atoms with van der Waals surface area (Å²) in [5.74, 6) is 5.97. The van der Waals surface area contributed by atoms with E-state index in [1.54, 1.807) is 7.11 Å². The number of allylic oxidation sites excluding steroid dienone is 3. The normalized spacial score (nSPS) is 29.6. The van der Waals surface area contributed by atoms with Gasteiger partial charge in [0.15, 0.2) is 16.6 Å². The summed E-state index contributed by atoms with van der Waals surface area (Å²) in [5, 5.41) is -0.0612. The van der Waals surface area contributed by atoms with Gasteiger partial charge in [-0.05, 0) is 68.2 Å². The third kappa shape index (κ3) is 12.4. The lowest BCUT2D eigenvalue weighted by atomic mass is 9.83. The highest BCUT2D eigenvalue weighted by atomic mass is 28.4. The quantitative estimate of drug-likeness (QED) is 0.0671. The van der Waals surface area contributed by atoms with E-state index < -0.39 is 34.8 Å². The second-order valence-electron chi connectivity index (χ2n) is 16.6.